The largest absolute Gasteiger partial charge is 3.00 e. The van der Waals surface area contributed by atoms with Crippen molar-refractivity contribution in [2.24, 2.45) is 0 Å². The van der Waals surface area contributed by atoms with Gasteiger partial charge in [-0.1, -0.05) is 24.3 Å². The fourth-order valence-corrected chi connectivity index (χ4v) is 0.393. The first-order valence-electron chi connectivity index (χ1n) is 2.97. The third kappa shape index (κ3) is 24.8. The zero-order valence-electron chi connectivity index (χ0n) is 6.85. The topological polar surface area (TPSA) is 0 Å². The number of halogens is 2. The molecule has 1 radical (unpaired) electrons. The molecule has 0 N–H and O–H groups in total. The molecule has 0 spiro atoms. The average molecular weight is 271 g/mol. The van der Waals surface area contributed by atoms with Crippen molar-refractivity contribution in [3.8, 4) is 0 Å². The van der Waals surface area contributed by atoms with Gasteiger partial charge in [-0.05, 0) is 6.42 Å². The van der Waals surface area contributed by atoms with Gasteiger partial charge >= 0.3 is 26.2 Å². The summed E-state index contributed by atoms with van der Waals surface area (Å²) in [7, 11) is 0. The molecule has 0 aromatic carbocycles. The summed E-state index contributed by atoms with van der Waals surface area (Å²) in [5, 5.41) is 0. The van der Waals surface area contributed by atoms with E-state index in [1.54, 1.807) is 0 Å². The molecule has 0 heterocycles. The van der Waals surface area contributed by atoms with Crippen LogP contribution in [0.2, 0.25) is 0 Å². The summed E-state index contributed by atoms with van der Waals surface area (Å²) in [5.74, 6) is 0. The van der Waals surface area contributed by atoms with Gasteiger partial charge in [0.2, 0.25) is 0 Å². The standard InChI is InChI=1S/C5H6.C3H7.2ClH.Zr/c1-2-4-5-3-1;1-3-2;;;/h1-4H,5H2;3H,1-2H3;2*1H;/q;-1;;;+3/p-2. The molecule has 0 bridgehead atoms. The molecule has 1 aliphatic rings. The van der Waals surface area contributed by atoms with E-state index in [1.807, 2.05) is 20.3 Å². The number of hydrogen-bond donors (Lipinski definition) is 0. The normalized spacial score (nSPS) is 9.64. The molecule has 63 valence electrons. The molecule has 1 rings (SSSR count). The van der Waals surface area contributed by atoms with Gasteiger partial charge in [0.25, 0.3) is 0 Å². The van der Waals surface area contributed by atoms with E-state index in [1.165, 1.54) is 0 Å². The van der Waals surface area contributed by atoms with Crippen LogP contribution in [0.15, 0.2) is 24.3 Å². The van der Waals surface area contributed by atoms with E-state index in [0.717, 1.165) is 6.42 Å². The van der Waals surface area contributed by atoms with Gasteiger partial charge in [-0.3, -0.25) is 0 Å². The van der Waals surface area contributed by atoms with Gasteiger partial charge in [-0.25, -0.2) is 0 Å². The molecule has 0 nitrogen and oxygen atoms in total. The summed E-state index contributed by atoms with van der Waals surface area (Å²) < 4.78 is 0. The van der Waals surface area contributed by atoms with Gasteiger partial charge in [0.05, 0.1) is 0 Å². The Bertz CT molecular complexity index is 80.1. The Morgan fingerprint density at radius 2 is 1.27 bits per heavy atom. The minimum atomic E-state index is 0. The van der Waals surface area contributed by atoms with Gasteiger partial charge in [0.15, 0.2) is 0 Å². The SMILES string of the molecule is C1=CCC=C1.C[CH-]C.[Cl-].[Cl-].[Zr+3]. The van der Waals surface area contributed by atoms with E-state index in [-0.39, 0.29) is 51.0 Å². The summed E-state index contributed by atoms with van der Waals surface area (Å²) in [4.78, 5) is 0. The second-order valence-electron chi connectivity index (χ2n) is 1.67. The molecule has 0 aromatic rings. The van der Waals surface area contributed by atoms with Gasteiger partial charge in [0.1, 0.15) is 0 Å². The first kappa shape index (κ1) is 22.7. The Hall–Kier alpha value is 0.943. The van der Waals surface area contributed by atoms with E-state index in [0.29, 0.717) is 0 Å². The van der Waals surface area contributed by atoms with E-state index < -0.39 is 0 Å². The molecular formula is C8H13Cl2Zr. The summed E-state index contributed by atoms with van der Waals surface area (Å²) in [6.45, 7) is 4.00. The molecule has 0 fully saturated rings. The van der Waals surface area contributed by atoms with E-state index in [4.69, 9.17) is 0 Å². The third-order valence-corrected chi connectivity index (χ3v) is 0.655. The first-order chi connectivity index (χ1) is 3.91. The van der Waals surface area contributed by atoms with Crippen molar-refractivity contribution >= 4 is 0 Å². The molecular weight excluding hydrogens is 258 g/mol. The van der Waals surface area contributed by atoms with Crippen molar-refractivity contribution in [3.05, 3.63) is 30.7 Å². The quantitative estimate of drug-likeness (QED) is 0.406. The van der Waals surface area contributed by atoms with E-state index in [9.17, 15) is 0 Å². The number of hydrogen-bond acceptors (Lipinski definition) is 0. The Morgan fingerprint density at radius 1 is 1.00 bits per heavy atom. The Labute approximate surface area is 101 Å². The third-order valence-electron chi connectivity index (χ3n) is 0.655. The van der Waals surface area contributed by atoms with Crippen LogP contribution >= 0.6 is 0 Å². The molecule has 1 aliphatic carbocycles. The predicted molar refractivity (Wildman–Crippen MR) is 38.5 cm³/mol. The molecule has 3 heteroatoms. The van der Waals surface area contributed by atoms with Crippen LogP contribution < -0.4 is 24.8 Å². The summed E-state index contributed by atoms with van der Waals surface area (Å²) in [6.07, 6.45) is 11.5. The molecule has 0 amide bonds. The average Bonchev–Trinajstić information content (AvgIpc) is 2.17. The van der Waals surface area contributed by atoms with Crippen LogP contribution in [0.5, 0.6) is 0 Å². The summed E-state index contributed by atoms with van der Waals surface area (Å²) in [5.41, 5.74) is 0. The minimum Gasteiger partial charge on any atom is -1.00 e. The zero-order valence-corrected chi connectivity index (χ0v) is 10.8. The minimum absolute atomic E-state index is 0. The Balaban J connectivity index is -0.0000000379. The van der Waals surface area contributed by atoms with Crippen molar-refractivity contribution in [2.75, 3.05) is 0 Å². The van der Waals surface area contributed by atoms with Crippen LogP contribution in [0.1, 0.15) is 20.3 Å². The predicted octanol–water partition coefficient (Wildman–Crippen LogP) is -3.26. The van der Waals surface area contributed by atoms with Crippen molar-refractivity contribution in [3.63, 3.8) is 0 Å². The first-order valence-corrected chi connectivity index (χ1v) is 2.97. The zero-order chi connectivity index (χ0) is 6.24. The van der Waals surface area contributed by atoms with Crippen LogP contribution in [0.4, 0.5) is 0 Å². The second-order valence-corrected chi connectivity index (χ2v) is 1.67. The van der Waals surface area contributed by atoms with Gasteiger partial charge < -0.3 is 31.2 Å². The fraction of sp³-hybridized carbons (Fsp3) is 0.375. The maximum atomic E-state index is 2.12. The molecule has 0 saturated heterocycles. The van der Waals surface area contributed by atoms with Crippen molar-refractivity contribution in [1.29, 1.82) is 0 Å². The molecule has 0 unspecified atom stereocenters. The molecule has 11 heavy (non-hydrogen) atoms. The molecule has 0 saturated carbocycles. The van der Waals surface area contributed by atoms with Gasteiger partial charge in [0, 0.05) is 0 Å². The van der Waals surface area contributed by atoms with Crippen LogP contribution in [0.3, 0.4) is 0 Å². The van der Waals surface area contributed by atoms with E-state index in [2.05, 4.69) is 24.3 Å². The van der Waals surface area contributed by atoms with Crippen LogP contribution in [-0.2, 0) is 26.2 Å². The Kier molecular flexibility index (Phi) is 46.2. The smallest absolute Gasteiger partial charge is 1.00 e. The molecule has 0 aliphatic heterocycles. The fourth-order valence-electron chi connectivity index (χ4n) is 0.393. The van der Waals surface area contributed by atoms with Gasteiger partial charge in [-0.2, -0.15) is 13.8 Å². The molecule has 0 atom stereocenters. The Morgan fingerprint density at radius 3 is 1.36 bits per heavy atom. The van der Waals surface area contributed by atoms with Crippen LogP contribution in [-0.4, -0.2) is 0 Å². The summed E-state index contributed by atoms with van der Waals surface area (Å²) in [6, 6.07) is 0. The second kappa shape index (κ2) is 22.4. The summed E-state index contributed by atoms with van der Waals surface area (Å²) >= 11 is 0. The monoisotopic (exact) mass is 269 g/mol. The van der Waals surface area contributed by atoms with Gasteiger partial charge in [-0.15, -0.1) is 0 Å². The van der Waals surface area contributed by atoms with E-state index >= 15 is 0 Å². The molecule has 0 aromatic heterocycles. The van der Waals surface area contributed by atoms with Crippen LogP contribution in [0.25, 0.3) is 0 Å². The van der Waals surface area contributed by atoms with Crippen molar-refractivity contribution in [1.82, 2.24) is 0 Å². The van der Waals surface area contributed by atoms with Crippen molar-refractivity contribution in [2.45, 2.75) is 20.3 Å². The maximum absolute atomic E-state index is 2.12. The number of rotatable bonds is 0. The van der Waals surface area contributed by atoms with Crippen LogP contribution in [0, 0.1) is 6.42 Å². The van der Waals surface area contributed by atoms with Crippen molar-refractivity contribution < 1.29 is 51.0 Å². The number of allylic oxidation sites excluding steroid dienone is 4. The maximum Gasteiger partial charge on any atom is 3.00 e.